The summed E-state index contributed by atoms with van der Waals surface area (Å²) in [7, 11) is 4.12. The Kier molecular flexibility index (Phi) is 6.07. The first-order chi connectivity index (χ1) is 12.7. The van der Waals surface area contributed by atoms with Crippen LogP contribution in [-0.2, 0) is 20.1 Å². The molecule has 0 spiro atoms. The van der Waals surface area contributed by atoms with E-state index in [1.54, 1.807) is 11.3 Å². The van der Waals surface area contributed by atoms with Gasteiger partial charge in [0.2, 0.25) is 0 Å². The van der Waals surface area contributed by atoms with Gasteiger partial charge >= 0.3 is 0 Å². The van der Waals surface area contributed by atoms with Gasteiger partial charge in [-0.05, 0) is 19.1 Å². The lowest BCUT2D eigenvalue weighted by atomic mass is 10.2. The number of benzene rings is 1. The van der Waals surface area contributed by atoms with Crippen molar-refractivity contribution in [2.24, 2.45) is 12.0 Å². The van der Waals surface area contributed by atoms with Crippen LogP contribution in [0.4, 0.5) is 0 Å². The van der Waals surface area contributed by atoms with E-state index in [1.807, 2.05) is 18.2 Å². The van der Waals surface area contributed by atoms with Crippen molar-refractivity contribution in [3.05, 3.63) is 64.7 Å². The maximum Gasteiger partial charge on any atom is 0.194 e. The summed E-state index contributed by atoms with van der Waals surface area (Å²) in [6.07, 6.45) is 2.06. The molecule has 2 heterocycles. The molecule has 2 aromatic heterocycles. The third-order valence-corrected chi connectivity index (χ3v) is 4.97. The van der Waals surface area contributed by atoms with Gasteiger partial charge < -0.3 is 14.8 Å². The van der Waals surface area contributed by atoms with Crippen molar-refractivity contribution in [3.63, 3.8) is 0 Å². The summed E-state index contributed by atoms with van der Waals surface area (Å²) in [5.41, 5.74) is 3.41. The van der Waals surface area contributed by atoms with Gasteiger partial charge in [0.25, 0.3) is 0 Å². The molecule has 0 aliphatic carbocycles. The Bertz CT molecular complexity index is 850. The molecule has 6 heteroatoms. The first kappa shape index (κ1) is 18.2. The smallest absolute Gasteiger partial charge is 0.194 e. The number of aliphatic imine (C=N–C) groups is 1. The molecule has 0 atom stereocenters. The minimum absolute atomic E-state index is 0.581. The zero-order chi connectivity index (χ0) is 18.4. The number of nitrogens with one attached hydrogen (secondary N) is 1. The van der Waals surface area contributed by atoms with Gasteiger partial charge in [-0.1, -0.05) is 30.3 Å². The van der Waals surface area contributed by atoms with E-state index in [0.717, 1.165) is 35.3 Å². The first-order valence-corrected chi connectivity index (χ1v) is 9.65. The summed E-state index contributed by atoms with van der Waals surface area (Å²) in [6, 6.07) is 14.5. The van der Waals surface area contributed by atoms with Gasteiger partial charge in [0.1, 0.15) is 5.01 Å². The quantitative estimate of drug-likeness (QED) is 0.533. The highest BCUT2D eigenvalue weighted by atomic mass is 32.1. The van der Waals surface area contributed by atoms with Crippen LogP contribution >= 0.6 is 11.3 Å². The Morgan fingerprint density at radius 1 is 1.23 bits per heavy atom. The highest BCUT2D eigenvalue weighted by Gasteiger charge is 2.09. The molecule has 1 N–H and O–H groups in total. The fraction of sp³-hybridized carbons (Fsp3) is 0.300. The molecule has 0 radical (unpaired) electrons. The van der Waals surface area contributed by atoms with Crippen LogP contribution in [0.1, 0.15) is 17.6 Å². The first-order valence-electron chi connectivity index (χ1n) is 8.77. The summed E-state index contributed by atoms with van der Waals surface area (Å²) in [4.78, 5) is 11.6. The molecule has 3 rings (SSSR count). The van der Waals surface area contributed by atoms with Gasteiger partial charge in [0, 0.05) is 43.5 Å². The minimum atomic E-state index is 0.581. The normalized spacial score (nSPS) is 11.6. The maximum absolute atomic E-state index is 4.77. The molecule has 0 saturated carbocycles. The molecule has 5 nitrogen and oxygen atoms in total. The molecule has 0 fully saturated rings. The molecule has 26 heavy (non-hydrogen) atoms. The van der Waals surface area contributed by atoms with Crippen LogP contribution in [0.5, 0.6) is 0 Å². The van der Waals surface area contributed by atoms with Crippen LogP contribution in [0.15, 0.2) is 59.0 Å². The standard InChI is InChI=1S/C20H25N5S/c1-4-21-20(25(3)14-17-11-8-12-24(17)2)22-13-19-23-18(15-26-19)16-9-6-5-7-10-16/h5-12,15H,4,13-14H2,1-3H3,(H,21,22). The van der Waals surface area contributed by atoms with Crippen LogP contribution in [0, 0.1) is 0 Å². The average molecular weight is 368 g/mol. The number of aryl methyl sites for hydroxylation is 1. The largest absolute Gasteiger partial charge is 0.357 e. The molecule has 0 aliphatic rings. The number of nitrogens with zero attached hydrogens (tertiary/aromatic N) is 4. The Morgan fingerprint density at radius 2 is 2.04 bits per heavy atom. The van der Waals surface area contributed by atoms with E-state index >= 15 is 0 Å². The van der Waals surface area contributed by atoms with Crippen molar-refractivity contribution < 1.29 is 0 Å². The van der Waals surface area contributed by atoms with Crippen molar-refractivity contribution >= 4 is 17.3 Å². The minimum Gasteiger partial charge on any atom is -0.357 e. The van der Waals surface area contributed by atoms with Crippen LogP contribution < -0.4 is 5.32 Å². The van der Waals surface area contributed by atoms with Crippen LogP contribution in [0.25, 0.3) is 11.3 Å². The van der Waals surface area contributed by atoms with E-state index in [-0.39, 0.29) is 0 Å². The molecule has 0 unspecified atom stereocenters. The average Bonchev–Trinajstić information content (AvgIpc) is 3.29. The van der Waals surface area contributed by atoms with E-state index in [2.05, 4.69) is 71.6 Å². The maximum atomic E-state index is 4.77. The van der Waals surface area contributed by atoms with E-state index < -0.39 is 0 Å². The molecule has 0 aliphatic heterocycles. The number of rotatable bonds is 6. The lowest BCUT2D eigenvalue weighted by molar-refractivity contribution is 0.462. The highest BCUT2D eigenvalue weighted by Crippen LogP contribution is 2.22. The highest BCUT2D eigenvalue weighted by molar-refractivity contribution is 7.09. The summed E-state index contributed by atoms with van der Waals surface area (Å²) in [6.45, 7) is 4.31. The monoisotopic (exact) mass is 367 g/mol. The molecular formula is C20H25N5S. The number of thiazole rings is 1. The Morgan fingerprint density at radius 3 is 2.73 bits per heavy atom. The summed E-state index contributed by atoms with van der Waals surface area (Å²) in [5, 5.41) is 6.48. The Labute approximate surface area is 159 Å². The van der Waals surface area contributed by atoms with Gasteiger partial charge in [0.15, 0.2) is 5.96 Å². The summed E-state index contributed by atoms with van der Waals surface area (Å²) >= 11 is 1.66. The lowest BCUT2D eigenvalue weighted by Crippen LogP contribution is -2.38. The van der Waals surface area contributed by atoms with Crippen molar-refractivity contribution in [2.75, 3.05) is 13.6 Å². The molecule has 0 bridgehead atoms. The zero-order valence-corrected chi connectivity index (χ0v) is 16.3. The molecular weight excluding hydrogens is 342 g/mol. The Hall–Kier alpha value is -2.60. The molecule has 136 valence electrons. The third kappa shape index (κ3) is 4.52. The fourth-order valence-corrected chi connectivity index (χ4v) is 3.44. The van der Waals surface area contributed by atoms with Crippen LogP contribution in [-0.4, -0.2) is 34.0 Å². The van der Waals surface area contributed by atoms with Gasteiger partial charge in [-0.25, -0.2) is 9.98 Å². The third-order valence-electron chi connectivity index (χ3n) is 4.13. The van der Waals surface area contributed by atoms with Crippen molar-refractivity contribution in [3.8, 4) is 11.3 Å². The topological polar surface area (TPSA) is 45.5 Å². The fourth-order valence-electron chi connectivity index (χ4n) is 2.72. The van der Waals surface area contributed by atoms with Gasteiger partial charge in [-0.15, -0.1) is 11.3 Å². The van der Waals surface area contributed by atoms with Crippen molar-refractivity contribution in [1.82, 2.24) is 19.8 Å². The van der Waals surface area contributed by atoms with Gasteiger partial charge in [-0.3, -0.25) is 0 Å². The predicted molar refractivity (Wildman–Crippen MR) is 109 cm³/mol. The summed E-state index contributed by atoms with van der Waals surface area (Å²) in [5.74, 6) is 0.894. The summed E-state index contributed by atoms with van der Waals surface area (Å²) < 4.78 is 2.13. The van der Waals surface area contributed by atoms with Crippen LogP contribution in [0.3, 0.4) is 0 Å². The molecule has 1 aromatic carbocycles. The second-order valence-electron chi connectivity index (χ2n) is 6.13. The Balaban J connectivity index is 1.69. The molecule has 0 saturated heterocycles. The number of hydrogen-bond acceptors (Lipinski definition) is 3. The predicted octanol–water partition coefficient (Wildman–Crippen LogP) is 3.75. The van der Waals surface area contributed by atoms with E-state index in [1.165, 1.54) is 5.69 Å². The molecule has 0 amide bonds. The van der Waals surface area contributed by atoms with E-state index in [0.29, 0.717) is 6.54 Å². The number of hydrogen-bond donors (Lipinski definition) is 1. The van der Waals surface area contributed by atoms with Crippen molar-refractivity contribution in [2.45, 2.75) is 20.0 Å². The number of guanidine groups is 1. The van der Waals surface area contributed by atoms with Crippen molar-refractivity contribution in [1.29, 1.82) is 0 Å². The van der Waals surface area contributed by atoms with Gasteiger partial charge in [0.05, 0.1) is 18.8 Å². The molecule has 3 aromatic rings. The van der Waals surface area contributed by atoms with Gasteiger partial charge in [-0.2, -0.15) is 0 Å². The second kappa shape index (κ2) is 8.67. The zero-order valence-electron chi connectivity index (χ0n) is 15.5. The SMILES string of the molecule is CCNC(=NCc1nc(-c2ccccc2)cs1)N(C)Cc1cccn1C. The van der Waals surface area contributed by atoms with Crippen LogP contribution in [0.2, 0.25) is 0 Å². The van der Waals surface area contributed by atoms with E-state index in [9.17, 15) is 0 Å². The lowest BCUT2D eigenvalue weighted by Gasteiger charge is -2.22. The second-order valence-corrected chi connectivity index (χ2v) is 7.07. The number of aromatic nitrogens is 2. The van der Waals surface area contributed by atoms with E-state index in [4.69, 9.17) is 9.98 Å².